The third-order valence-corrected chi connectivity index (χ3v) is 3.73. The summed E-state index contributed by atoms with van der Waals surface area (Å²) in [5, 5.41) is 2.88. The van der Waals surface area contributed by atoms with Crippen LogP contribution in [0.3, 0.4) is 0 Å². The second kappa shape index (κ2) is 7.51. The number of amides is 1. The van der Waals surface area contributed by atoms with Gasteiger partial charge in [0.1, 0.15) is 18.1 Å². The molecule has 3 rings (SSSR count). The number of hydrogen-bond donors (Lipinski definition) is 1. The minimum Gasteiger partial charge on any atom is -0.489 e. The molecular weight excluding hydrogens is 302 g/mol. The van der Waals surface area contributed by atoms with Gasteiger partial charge < -0.3 is 14.5 Å². The molecule has 3 aromatic rings. The van der Waals surface area contributed by atoms with Crippen LogP contribution in [0, 0.1) is 6.92 Å². The van der Waals surface area contributed by atoms with Crippen molar-refractivity contribution in [1.29, 1.82) is 0 Å². The number of rotatable bonds is 6. The van der Waals surface area contributed by atoms with E-state index in [1.165, 1.54) is 6.26 Å². The molecule has 0 atom stereocenters. The van der Waals surface area contributed by atoms with Gasteiger partial charge in [-0.1, -0.05) is 42.5 Å². The Bertz CT molecular complexity index is 791. The van der Waals surface area contributed by atoms with Crippen LogP contribution >= 0.6 is 0 Å². The number of carbonyl (C=O) groups is 1. The summed E-state index contributed by atoms with van der Waals surface area (Å²) in [7, 11) is 0. The molecule has 2 aromatic carbocycles. The van der Waals surface area contributed by atoms with Gasteiger partial charge in [-0.05, 0) is 36.2 Å². The lowest BCUT2D eigenvalue weighted by Crippen LogP contribution is -2.22. The maximum atomic E-state index is 12.0. The van der Waals surface area contributed by atoms with Gasteiger partial charge in [-0.3, -0.25) is 4.79 Å². The first kappa shape index (κ1) is 15.9. The summed E-state index contributed by atoms with van der Waals surface area (Å²) in [6.07, 6.45) is 1.52. The van der Waals surface area contributed by atoms with E-state index in [0.29, 0.717) is 24.5 Å². The molecule has 0 saturated carbocycles. The molecule has 0 unspecified atom stereocenters. The van der Waals surface area contributed by atoms with E-state index in [4.69, 9.17) is 9.15 Å². The predicted molar refractivity (Wildman–Crippen MR) is 91.8 cm³/mol. The lowest BCUT2D eigenvalue weighted by Gasteiger charge is -2.08. The molecule has 0 radical (unpaired) electrons. The summed E-state index contributed by atoms with van der Waals surface area (Å²) in [4.78, 5) is 12.0. The molecule has 0 spiro atoms. The van der Waals surface area contributed by atoms with Gasteiger partial charge in [-0.25, -0.2) is 0 Å². The van der Waals surface area contributed by atoms with Crippen LogP contribution in [0.1, 0.15) is 27.2 Å². The molecule has 0 aliphatic heterocycles. The fraction of sp³-hybridized carbons (Fsp3) is 0.150. The number of carbonyl (C=O) groups excluding carboxylic acids is 1. The molecule has 0 aliphatic rings. The summed E-state index contributed by atoms with van der Waals surface area (Å²) in [6.45, 7) is 2.77. The molecule has 1 amide bonds. The van der Waals surface area contributed by atoms with Crippen LogP contribution in [0.2, 0.25) is 0 Å². The van der Waals surface area contributed by atoms with Crippen LogP contribution in [0.15, 0.2) is 71.3 Å². The first-order valence-electron chi connectivity index (χ1n) is 7.80. The molecule has 0 aliphatic carbocycles. The maximum Gasteiger partial charge on any atom is 0.255 e. The van der Waals surface area contributed by atoms with Crippen molar-refractivity contribution in [2.75, 3.05) is 0 Å². The number of nitrogens with one attached hydrogen (secondary N) is 1. The quantitative estimate of drug-likeness (QED) is 0.744. The Balaban J connectivity index is 1.51. The Morgan fingerprint density at radius 3 is 2.42 bits per heavy atom. The lowest BCUT2D eigenvalue weighted by molar-refractivity contribution is 0.0949. The second-order valence-corrected chi connectivity index (χ2v) is 5.49. The molecule has 24 heavy (non-hydrogen) atoms. The van der Waals surface area contributed by atoms with Crippen molar-refractivity contribution in [1.82, 2.24) is 5.32 Å². The van der Waals surface area contributed by atoms with E-state index >= 15 is 0 Å². The fourth-order valence-corrected chi connectivity index (χ4v) is 2.34. The van der Waals surface area contributed by atoms with E-state index in [1.54, 1.807) is 13.0 Å². The van der Waals surface area contributed by atoms with Gasteiger partial charge in [0.15, 0.2) is 0 Å². The predicted octanol–water partition coefficient (Wildman–Crippen LogP) is 4.10. The minimum absolute atomic E-state index is 0.134. The molecule has 0 saturated heterocycles. The Morgan fingerprint density at radius 1 is 1.00 bits per heavy atom. The Labute approximate surface area is 141 Å². The third-order valence-electron chi connectivity index (χ3n) is 3.73. The molecule has 4 nitrogen and oxygen atoms in total. The number of aryl methyl sites for hydroxylation is 1. The Morgan fingerprint density at radius 2 is 1.75 bits per heavy atom. The van der Waals surface area contributed by atoms with E-state index < -0.39 is 0 Å². The molecule has 122 valence electrons. The molecule has 0 bridgehead atoms. The van der Waals surface area contributed by atoms with Crippen LogP contribution in [0.5, 0.6) is 5.75 Å². The summed E-state index contributed by atoms with van der Waals surface area (Å²) >= 11 is 0. The molecule has 4 heteroatoms. The van der Waals surface area contributed by atoms with Gasteiger partial charge in [-0.2, -0.15) is 0 Å². The summed E-state index contributed by atoms with van der Waals surface area (Å²) in [6, 6.07) is 19.4. The normalized spacial score (nSPS) is 10.4. The van der Waals surface area contributed by atoms with Crippen LogP contribution in [0.25, 0.3) is 0 Å². The van der Waals surface area contributed by atoms with Crippen molar-refractivity contribution in [2.24, 2.45) is 0 Å². The monoisotopic (exact) mass is 321 g/mol. The second-order valence-electron chi connectivity index (χ2n) is 5.49. The van der Waals surface area contributed by atoms with Gasteiger partial charge in [0.2, 0.25) is 0 Å². The molecule has 0 fully saturated rings. The van der Waals surface area contributed by atoms with Crippen molar-refractivity contribution in [3.63, 3.8) is 0 Å². The first-order chi connectivity index (χ1) is 11.7. The smallest absolute Gasteiger partial charge is 0.255 e. The topological polar surface area (TPSA) is 51.5 Å². The van der Waals surface area contributed by atoms with Crippen molar-refractivity contribution >= 4 is 5.91 Å². The standard InChI is InChI=1S/C20H19NO3/c1-15-19(11-12-23-15)20(22)21-13-16-7-9-18(10-8-16)24-14-17-5-3-2-4-6-17/h2-12H,13-14H2,1H3,(H,21,22). The van der Waals surface area contributed by atoms with Crippen LogP contribution in [0.4, 0.5) is 0 Å². The minimum atomic E-state index is -0.134. The van der Waals surface area contributed by atoms with Crippen LogP contribution in [-0.2, 0) is 13.2 Å². The summed E-state index contributed by atoms with van der Waals surface area (Å²) in [5.74, 6) is 1.29. The van der Waals surface area contributed by atoms with Gasteiger partial charge in [0.05, 0.1) is 11.8 Å². The third kappa shape index (κ3) is 4.04. The SMILES string of the molecule is Cc1occc1C(=O)NCc1ccc(OCc2ccccc2)cc1. The van der Waals surface area contributed by atoms with Gasteiger partial charge in [-0.15, -0.1) is 0 Å². The van der Waals surface area contributed by atoms with E-state index in [2.05, 4.69) is 5.32 Å². The van der Waals surface area contributed by atoms with Crippen LogP contribution < -0.4 is 10.1 Å². The molecule has 1 aromatic heterocycles. The lowest BCUT2D eigenvalue weighted by atomic mass is 10.2. The summed E-state index contributed by atoms with van der Waals surface area (Å²) < 4.78 is 10.9. The van der Waals surface area contributed by atoms with Crippen molar-refractivity contribution < 1.29 is 13.9 Å². The number of hydrogen-bond acceptors (Lipinski definition) is 3. The highest BCUT2D eigenvalue weighted by Crippen LogP contribution is 2.15. The highest BCUT2D eigenvalue weighted by Gasteiger charge is 2.10. The maximum absolute atomic E-state index is 12.0. The van der Waals surface area contributed by atoms with Crippen molar-refractivity contribution in [3.05, 3.63) is 89.4 Å². The van der Waals surface area contributed by atoms with Crippen molar-refractivity contribution in [2.45, 2.75) is 20.1 Å². The van der Waals surface area contributed by atoms with Crippen LogP contribution in [-0.4, -0.2) is 5.91 Å². The number of benzene rings is 2. The average Bonchev–Trinajstić information content (AvgIpc) is 3.06. The fourth-order valence-electron chi connectivity index (χ4n) is 2.34. The molecular formula is C20H19NO3. The van der Waals surface area contributed by atoms with E-state index in [0.717, 1.165) is 16.9 Å². The Hall–Kier alpha value is -3.01. The van der Waals surface area contributed by atoms with Crippen molar-refractivity contribution in [3.8, 4) is 5.75 Å². The largest absolute Gasteiger partial charge is 0.489 e. The highest BCUT2D eigenvalue weighted by molar-refractivity contribution is 5.94. The number of furan rings is 1. The van der Waals surface area contributed by atoms with Gasteiger partial charge in [0.25, 0.3) is 5.91 Å². The molecule has 1 N–H and O–H groups in total. The van der Waals surface area contributed by atoms with Gasteiger partial charge >= 0.3 is 0 Å². The van der Waals surface area contributed by atoms with Gasteiger partial charge in [0, 0.05) is 6.54 Å². The zero-order chi connectivity index (χ0) is 16.8. The zero-order valence-corrected chi connectivity index (χ0v) is 13.5. The first-order valence-corrected chi connectivity index (χ1v) is 7.80. The summed E-state index contributed by atoms with van der Waals surface area (Å²) in [5.41, 5.74) is 2.71. The van der Waals surface area contributed by atoms with E-state index in [1.807, 2.05) is 54.6 Å². The number of ether oxygens (including phenoxy) is 1. The molecule has 1 heterocycles. The Kier molecular flexibility index (Phi) is 4.96. The average molecular weight is 321 g/mol. The van der Waals surface area contributed by atoms with E-state index in [9.17, 15) is 4.79 Å². The zero-order valence-electron chi connectivity index (χ0n) is 13.5. The van der Waals surface area contributed by atoms with E-state index in [-0.39, 0.29) is 5.91 Å². The highest BCUT2D eigenvalue weighted by atomic mass is 16.5.